The largest absolute Gasteiger partial charge is 0.327 e. The number of aromatic amines is 1. The van der Waals surface area contributed by atoms with Crippen molar-refractivity contribution in [3.63, 3.8) is 0 Å². The molecule has 0 radical (unpaired) electrons. The van der Waals surface area contributed by atoms with Gasteiger partial charge in [0, 0.05) is 17.7 Å². The first-order chi connectivity index (χ1) is 9.52. The lowest BCUT2D eigenvalue weighted by molar-refractivity contribution is -0.385. The fourth-order valence-corrected chi connectivity index (χ4v) is 2.24. The van der Waals surface area contributed by atoms with Crippen molar-refractivity contribution < 1.29 is 4.92 Å². The Morgan fingerprint density at radius 2 is 2.25 bits per heavy atom. The van der Waals surface area contributed by atoms with E-state index in [0.717, 1.165) is 12.8 Å². The second-order valence-corrected chi connectivity index (χ2v) is 4.74. The molecule has 2 rings (SSSR count). The first-order valence-electron chi connectivity index (χ1n) is 6.43. The van der Waals surface area contributed by atoms with Crippen molar-refractivity contribution in [3.05, 3.63) is 44.5 Å². The van der Waals surface area contributed by atoms with Gasteiger partial charge in [-0.05, 0) is 18.9 Å². The quantitative estimate of drug-likeness (QED) is 0.634. The highest BCUT2D eigenvalue weighted by atomic mass is 16.6. The zero-order valence-electron chi connectivity index (χ0n) is 11.1. The molecule has 7 nitrogen and oxygen atoms in total. The van der Waals surface area contributed by atoms with Crippen LogP contribution >= 0.6 is 0 Å². The van der Waals surface area contributed by atoms with Crippen molar-refractivity contribution in [2.75, 3.05) is 0 Å². The van der Waals surface area contributed by atoms with E-state index in [1.807, 2.05) is 6.92 Å². The Morgan fingerprint density at radius 1 is 1.50 bits per heavy atom. The van der Waals surface area contributed by atoms with Crippen LogP contribution in [0.4, 0.5) is 5.69 Å². The van der Waals surface area contributed by atoms with E-state index in [0.29, 0.717) is 17.5 Å². The number of hydrogen-bond acceptors (Lipinski definition) is 5. The second kappa shape index (κ2) is 5.79. The lowest BCUT2D eigenvalue weighted by Crippen LogP contribution is -2.23. The minimum atomic E-state index is -0.486. The molecule has 0 amide bonds. The molecule has 1 unspecified atom stereocenters. The zero-order chi connectivity index (χ0) is 14.7. The Labute approximate surface area is 115 Å². The second-order valence-electron chi connectivity index (χ2n) is 4.74. The van der Waals surface area contributed by atoms with E-state index >= 15 is 0 Å². The number of nitrogens with one attached hydrogen (secondary N) is 1. The van der Waals surface area contributed by atoms with Gasteiger partial charge in [0.1, 0.15) is 0 Å². The number of nitro groups is 1. The topological polar surface area (TPSA) is 115 Å². The highest BCUT2D eigenvalue weighted by molar-refractivity contribution is 5.81. The third kappa shape index (κ3) is 2.83. The summed E-state index contributed by atoms with van der Waals surface area (Å²) in [4.78, 5) is 28.8. The van der Waals surface area contributed by atoms with Crippen LogP contribution in [-0.4, -0.2) is 20.9 Å². The number of nitrogens with two attached hydrogens (primary N) is 1. The predicted octanol–water partition coefficient (Wildman–Crippen LogP) is 1.50. The van der Waals surface area contributed by atoms with Crippen LogP contribution in [0.5, 0.6) is 0 Å². The monoisotopic (exact) mass is 276 g/mol. The van der Waals surface area contributed by atoms with E-state index in [1.54, 1.807) is 6.07 Å². The molecule has 0 bridgehead atoms. The molecule has 0 saturated heterocycles. The van der Waals surface area contributed by atoms with Gasteiger partial charge >= 0.3 is 0 Å². The van der Waals surface area contributed by atoms with Crippen molar-refractivity contribution in [2.45, 2.75) is 32.2 Å². The van der Waals surface area contributed by atoms with Gasteiger partial charge in [-0.1, -0.05) is 13.3 Å². The molecule has 0 aliphatic heterocycles. The Hall–Kier alpha value is -2.28. The van der Waals surface area contributed by atoms with Gasteiger partial charge in [-0.25, -0.2) is 4.98 Å². The third-order valence-corrected chi connectivity index (χ3v) is 3.18. The smallest absolute Gasteiger partial charge is 0.273 e. The van der Waals surface area contributed by atoms with E-state index < -0.39 is 4.92 Å². The summed E-state index contributed by atoms with van der Waals surface area (Å²) in [7, 11) is 0. The fourth-order valence-electron chi connectivity index (χ4n) is 2.24. The molecule has 3 N–H and O–H groups in total. The fraction of sp³-hybridized carbons (Fsp3) is 0.385. The number of nitro benzene ring substituents is 1. The Kier molecular flexibility index (Phi) is 4.09. The van der Waals surface area contributed by atoms with Crippen molar-refractivity contribution >= 4 is 16.6 Å². The summed E-state index contributed by atoms with van der Waals surface area (Å²) in [5.41, 5.74) is 6.44. The molecule has 1 aromatic heterocycles. The van der Waals surface area contributed by atoms with Crippen LogP contribution in [0.25, 0.3) is 10.9 Å². The number of H-pyrrole nitrogens is 1. The van der Waals surface area contributed by atoms with Crippen molar-refractivity contribution in [2.24, 2.45) is 5.73 Å². The molecule has 1 heterocycles. The zero-order valence-corrected chi connectivity index (χ0v) is 11.1. The summed E-state index contributed by atoms with van der Waals surface area (Å²) in [5.74, 6) is 0. The summed E-state index contributed by atoms with van der Waals surface area (Å²) in [6.07, 6.45) is 3.39. The van der Waals surface area contributed by atoms with Crippen LogP contribution in [-0.2, 0) is 6.42 Å². The molecule has 0 aliphatic rings. The highest BCUT2D eigenvalue weighted by Crippen LogP contribution is 2.24. The van der Waals surface area contributed by atoms with E-state index in [2.05, 4.69) is 9.97 Å². The van der Waals surface area contributed by atoms with E-state index in [4.69, 9.17) is 5.73 Å². The van der Waals surface area contributed by atoms with Gasteiger partial charge in [-0.3, -0.25) is 14.9 Å². The summed E-state index contributed by atoms with van der Waals surface area (Å²) in [6, 6.07) is 2.71. The maximum absolute atomic E-state index is 11.6. The maximum Gasteiger partial charge on any atom is 0.273 e. The average Bonchev–Trinajstić information content (AvgIpc) is 2.38. The SMILES string of the molecule is CCCC(N)Cc1cc2nc[nH]c(=O)c2cc1[N+](=O)[O-]. The minimum Gasteiger partial charge on any atom is -0.327 e. The van der Waals surface area contributed by atoms with Gasteiger partial charge in [0.05, 0.1) is 22.2 Å². The van der Waals surface area contributed by atoms with Crippen molar-refractivity contribution in [1.82, 2.24) is 9.97 Å². The third-order valence-electron chi connectivity index (χ3n) is 3.18. The van der Waals surface area contributed by atoms with Gasteiger partial charge in [0.15, 0.2) is 0 Å². The lowest BCUT2D eigenvalue weighted by atomic mass is 10.00. The molecule has 1 aromatic carbocycles. The van der Waals surface area contributed by atoms with Crippen LogP contribution in [0.15, 0.2) is 23.3 Å². The average molecular weight is 276 g/mol. The number of fused-ring (bicyclic) bond motifs is 1. The normalized spacial score (nSPS) is 12.5. The van der Waals surface area contributed by atoms with Crippen LogP contribution in [0.2, 0.25) is 0 Å². The summed E-state index contributed by atoms with van der Waals surface area (Å²) >= 11 is 0. The Balaban J connectivity index is 2.54. The molecule has 0 spiro atoms. The molecule has 1 atom stereocenters. The van der Waals surface area contributed by atoms with Crippen LogP contribution < -0.4 is 11.3 Å². The minimum absolute atomic E-state index is 0.0810. The van der Waals surface area contributed by atoms with Gasteiger partial charge in [-0.2, -0.15) is 0 Å². The van der Waals surface area contributed by atoms with Gasteiger partial charge in [0.2, 0.25) is 0 Å². The first kappa shape index (κ1) is 14.1. The molecule has 2 aromatic rings. The van der Waals surface area contributed by atoms with Crippen molar-refractivity contribution in [3.8, 4) is 0 Å². The van der Waals surface area contributed by atoms with E-state index in [9.17, 15) is 14.9 Å². The van der Waals surface area contributed by atoms with Crippen LogP contribution in [0.1, 0.15) is 25.3 Å². The molecule has 7 heteroatoms. The summed E-state index contributed by atoms with van der Waals surface area (Å²) in [6.45, 7) is 2.01. The molecular weight excluding hydrogens is 260 g/mol. The summed E-state index contributed by atoms with van der Waals surface area (Å²) in [5, 5.41) is 11.4. The number of benzene rings is 1. The van der Waals surface area contributed by atoms with Gasteiger partial charge in [-0.15, -0.1) is 0 Å². The predicted molar refractivity (Wildman–Crippen MR) is 75.6 cm³/mol. The summed E-state index contributed by atoms with van der Waals surface area (Å²) < 4.78 is 0. The molecular formula is C13H16N4O3. The maximum atomic E-state index is 11.6. The van der Waals surface area contributed by atoms with Crippen LogP contribution in [0, 0.1) is 10.1 Å². The van der Waals surface area contributed by atoms with E-state index in [1.165, 1.54) is 12.4 Å². The molecule has 20 heavy (non-hydrogen) atoms. The first-order valence-corrected chi connectivity index (χ1v) is 6.43. The lowest BCUT2D eigenvalue weighted by Gasteiger charge is -2.11. The number of aromatic nitrogens is 2. The van der Waals surface area contributed by atoms with Gasteiger partial charge in [0.25, 0.3) is 11.2 Å². The number of rotatable bonds is 5. The molecule has 0 saturated carbocycles. The van der Waals surface area contributed by atoms with Crippen molar-refractivity contribution in [1.29, 1.82) is 0 Å². The molecule has 0 fully saturated rings. The molecule has 0 aliphatic carbocycles. The Morgan fingerprint density at radius 3 is 2.90 bits per heavy atom. The van der Waals surface area contributed by atoms with Gasteiger partial charge < -0.3 is 10.7 Å². The highest BCUT2D eigenvalue weighted by Gasteiger charge is 2.18. The number of hydrogen-bond donors (Lipinski definition) is 2. The van der Waals surface area contributed by atoms with E-state index in [-0.39, 0.29) is 22.7 Å². The Bertz CT molecular complexity index is 696. The molecule has 106 valence electrons. The standard InChI is InChI=1S/C13H16N4O3/c1-2-3-9(14)4-8-5-11-10(6-12(8)17(19)20)13(18)16-7-15-11/h5-7,9H,2-4,14H2,1H3,(H,15,16,18). The number of nitrogens with zero attached hydrogens (tertiary/aromatic N) is 2. The van der Waals surface area contributed by atoms with Crippen LogP contribution in [0.3, 0.4) is 0 Å².